The van der Waals surface area contributed by atoms with Crippen LogP contribution in [0.15, 0.2) is 16.7 Å². The molecule has 0 aliphatic carbocycles. The summed E-state index contributed by atoms with van der Waals surface area (Å²) in [5.41, 5.74) is 0.270. The van der Waals surface area contributed by atoms with Crippen molar-refractivity contribution in [3.8, 4) is 0 Å². The van der Waals surface area contributed by atoms with Crippen LogP contribution >= 0.6 is 0 Å². The minimum Gasteiger partial charge on any atom is -0.459 e. The molecule has 1 aromatic rings. The van der Waals surface area contributed by atoms with Gasteiger partial charge in [0.05, 0.1) is 24.5 Å². The summed E-state index contributed by atoms with van der Waals surface area (Å²) < 4.78 is 11.8. The highest BCUT2D eigenvalue weighted by atomic mass is 16.5. The second-order valence-electron chi connectivity index (χ2n) is 9.10. The molecule has 2 amide bonds. The maximum absolute atomic E-state index is 12.9. The highest BCUT2D eigenvalue weighted by molar-refractivity contribution is 5.93. The molecule has 1 N–H and O–H groups in total. The fourth-order valence-corrected chi connectivity index (χ4v) is 4.96. The van der Waals surface area contributed by atoms with Gasteiger partial charge in [-0.15, -0.1) is 0 Å². The third-order valence-electron chi connectivity index (χ3n) is 7.12. The number of hydrogen-bond donors (Lipinski definition) is 1. The Morgan fingerprint density at radius 3 is 2.85 bits per heavy atom. The first-order valence-corrected chi connectivity index (χ1v) is 10.1. The standard InChI is InChI=1S/C21H30N2O4/c1-5-20(3,4)19(25)22-10-14-15-11-23(12-21(15)8-6-16(14)27-21)18(24)17-13(2)7-9-26-17/h7,9,14-16H,5-6,8,10-12H2,1-4H3,(H,22,25)/t14-,15+,16+,21+/m0/s1. The molecule has 1 spiro atoms. The molecule has 6 nitrogen and oxygen atoms in total. The van der Waals surface area contributed by atoms with Gasteiger partial charge in [0.2, 0.25) is 5.91 Å². The minimum absolute atomic E-state index is 0.0526. The van der Waals surface area contributed by atoms with E-state index in [0.717, 1.165) is 24.8 Å². The Balaban J connectivity index is 1.46. The number of nitrogens with zero attached hydrogens (tertiary/aromatic N) is 1. The highest BCUT2D eigenvalue weighted by Crippen LogP contribution is 2.54. The number of carbonyl (C=O) groups excluding carboxylic acids is 2. The molecular weight excluding hydrogens is 344 g/mol. The van der Waals surface area contributed by atoms with Gasteiger partial charge in [-0.05, 0) is 32.3 Å². The second-order valence-corrected chi connectivity index (χ2v) is 9.10. The van der Waals surface area contributed by atoms with Gasteiger partial charge in [0.15, 0.2) is 5.76 Å². The fraction of sp³-hybridized carbons (Fsp3) is 0.714. The van der Waals surface area contributed by atoms with Crippen molar-refractivity contribution in [2.75, 3.05) is 19.6 Å². The third kappa shape index (κ3) is 2.89. The van der Waals surface area contributed by atoms with Gasteiger partial charge >= 0.3 is 0 Å². The smallest absolute Gasteiger partial charge is 0.289 e. The van der Waals surface area contributed by atoms with E-state index in [0.29, 0.717) is 25.4 Å². The normalized spacial score (nSPS) is 32.0. The summed E-state index contributed by atoms with van der Waals surface area (Å²) in [6.07, 6.45) is 4.57. The van der Waals surface area contributed by atoms with Crippen LogP contribution in [0.4, 0.5) is 0 Å². The number of furan rings is 1. The van der Waals surface area contributed by atoms with Gasteiger partial charge in [-0.3, -0.25) is 9.59 Å². The minimum atomic E-state index is -0.356. The lowest BCUT2D eigenvalue weighted by Crippen LogP contribution is -2.44. The summed E-state index contributed by atoms with van der Waals surface area (Å²) in [6, 6.07) is 1.82. The molecule has 4 heterocycles. The number of nitrogens with one attached hydrogen (secondary N) is 1. The maximum atomic E-state index is 12.9. The van der Waals surface area contributed by atoms with E-state index in [9.17, 15) is 9.59 Å². The highest BCUT2D eigenvalue weighted by Gasteiger charge is 2.63. The van der Waals surface area contributed by atoms with E-state index in [1.54, 1.807) is 6.26 Å². The quantitative estimate of drug-likeness (QED) is 0.860. The molecule has 3 saturated heterocycles. The van der Waals surface area contributed by atoms with Crippen molar-refractivity contribution >= 4 is 11.8 Å². The van der Waals surface area contributed by atoms with E-state index in [2.05, 4.69) is 5.32 Å². The van der Waals surface area contributed by atoms with Crippen molar-refractivity contribution in [2.24, 2.45) is 17.3 Å². The van der Waals surface area contributed by atoms with E-state index in [4.69, 9.17) is 9.15 Å². The molecule has 0 saturated carbocycles. The van der Waals surface area contributed by atoms with Gasteiger partial charge in [0.25, 0.3) is 5.91 Å². The van der Waals surface area contributed by atoms with Gasteiger partial charge in [0, 0.05) is 35.9 Å². The first-order chi connectivity index (χ1) is 12.8. The van der Waals surface area contributed by atoms with Crippen molar-refractivity contribution in [1.29, 1.82) is 0 Å². The van der Waals surface area contributed by atoms with Crippen molar-refractivity contribution < 1.29 is 18.7 Å². The van der Waals surface area contributed by atoms with Crippen LogP contribution in [0.2, 0.25) is 0 Å². The molecule has 0 radical (unpaired) electrons. The number of carbonyl (C=O) groups is 2. The molecule has 2 bridgehead atoms. The first-order valence-electron chi connectivity index (χ1n) is 10.1. The molecule has 4 atom stereocenters. The zero-order valence-electron chi connectivity index (χ0n) is 16.7. The molecule has 148 valence electrons. The lowest BCUT2D eigenvalue weighted by atomic mass is 9.73. The van der Waals surface area contributed by atoms with Crippen molar-refractivity contribution in [3.05, 3.63) is 23.7 Å². The molecule has 3 aliphatic heterocycles. The molecule has 4 rings (SSSR count). The Morgan fingerprint density at radius 1 is 1.41 bits per heavy atom. The number of ether oxygens (including phenoxy) is 1. The van der Waals surface area contributed by atoms with Crippen LogP contribution in [-0.2, 0) is 9.53 Å². The molecule has 0 aromatic carbocycles. The summed E-state index contributed by atoms with van der Waals surface area (Å²) in [4.78, 5) is 27.2. The van der Waals surface area contributed by atoms with E-state index in [1.807, 2.05) is 38.7 Å². The van der Waals surface area contributed by atoms with Crippen molar-refractivity contribution in [3.63, 3.8) is 0 Å². The van der Waals surface area contributed by atoms with Crippen LogP contribution < -0.4 is 5.32 Å². The Bertz CT molecular complexity index is 755. The van der Waals surface area contributed by atoms with E-state index < -0.39 is 0 Å². The van der Waals surface area contributed by atoms with Gasteiger partial charge in [-0.2, -0.15) is 0 Å². The molecule has 27 heavy (non-hydrogen) atoms. The number of amides is 2. The van der Waals surface area contributed by atoms with Crippen LogP contribution in [0, 0.1) is 24.2 Å². The monoisotopic (exact) mass is 374 g/mol. The van der Waals surface area contributed by atoms with Gasteiger partial charge in [-0.25, -0.2) is 0 Å². The Kier molecular flexibility index (Phi) is 4.37. The fourth-order valence-electron chi connectivity index (χ4n) is 4.96. The first kappa shape index (κ1) is 18.5. The third-order valence-corrected chi connectivity index (χ3v) is 7.12. The summed E-state index contributed by atoms with van der Waals surface area (Å²) in [7, 11) is 0. The lowest BCUT2D eigenvalue weighted by molar-refractivity contribution is -0.129. The predicted octanol–water partition coefficient (Wildman–Crippen LogP) is 2.76. The van der Waals surface area contributed by atoms with Crippen LogP contribution in [0.25, 0.3) is 0 Å². The average Bonchev–Trinajstić information content (AvgIpc) is 3.38. The Hall–Kier alpha value is -1.82. The van der Waals surface area contributed by atoms with Crippen molar-refractivity contribution in [2.45, 2.75) is 58.7 Å². The summed E-state index contributed by atoms with van der Waals surface area (Å²) >= 11 is 0. The number of aryl methyl sites for hydroxylation is 1. The second kappa shape index (κ2) is 6.36. The van der Waals surface area contributed by atoms with Crippen LogP contribution in [-0.4, -0.2) is 48.1 Å². The van der Waals surface area contributed by atoms with Crippen LogP contribution in [0.3, 0.4) is 0 Å². The molecule has 1 aromatic heterocycles. The summed E-state index contributed by atoms with van der Waals surface area (Å²) in [6.45, 7) is 9.80. The molecule has 6 heteroatoms. The molecule has 3 aliphatic rings. The lowest BCUT2D eigenvalue weighted by Gasteiger charge is -2.30. The number of hydrogen-bond acceptors (Lipinski definition) is 4. The van der Waals surface area contributed by atoms with Gasteiger partial charge < -0.3 is 19.4 Å². The predicted molar refractivity (Wildman–Crippen MR) is 100 cm³/mol. The Morgan fingerprint density at radius 2 is 2.19 bits per heavy atom. The van der Waals surface area contributed by atoms with Gasteiger partial charge in [0.1, 0.15) is 0 Å². The van der Waals surface area contributed by atoms with Crippen LogP contribution in [0.5, 0.6) is 0 Å². The van der Waals surface area contributed by atoms with Crippen molar-refractivity contribution in [1.82, 2.24) is 10.2 Å². The Labute approximate surface area is 160 Å². The largest absolute Gasteiger partial charge is 0.459 e. The number of fused-ring (bicyclic) bond motifs is 1. The molecular formula is C21H30N2O4. The maximum Gasteiger partial charge on any atom is 0.289 e. The zero-order chi connectivity index (χ0) is 19.4. The van der Waals surface area contributed by atoms with E-state index in [-0.39, 0.29) is 40.8 Å². The van der Waals surface area contributed by atoms with Gasteiger partial charge in [-0.1, -0.05) is 20.8 Å². The number of rotatable bonds is 5. The number of likely N-dealkylation sites (tertiary alicyclic amines) is 1. The summed E-state index contributed by atoms with van der Waals surface area (Å²) in [5, 5.41) is 3.15. The molecule has 3 fully saturated rings. The van der Waals surface area contributed by atoms with Crippen LogP contribution in [0.1, 0.15) is 56.2 Å². The summed E-state index contributed by atoms with van der Waals surface area (Å²) in [5.74, 6) is 1.02. The zero-order valence-corrected chi connectivity index (χ0v) is 16.7. The SMILES string of the molecule is CCC(C)(C)C(=O)NC[C@H]1[C@H]2CN(C(=O)c3occc3C)C[C@]23CC[C@H]1O3. The van der Waals surface area contributed by atoms with E-state index >= 15 is 0 Å². The molecule has 0 unspecified atom stereocenters. The topological polar surface area (TPSA) is 71.8 Å². The van der Waals surface area contributed by atoms with E-state index in [1.165, 1.54) is 0 Å². The average molecular weight is 374 g/mol.